The van der Waals surface area contributed by atoms with Gasteiger partial charge in [-0.15, -0.1) is 0 Å². The maximum atomic E-state index is 12.6. The highest BCUT2D eigenvalue weighted by molar-refractivity contribution is 5.92. The lowest BCUT2D eigenvalue weighted by molar-refractivity contribution is 0.0701. The van der Waals surface area contributed by atoms with Gasteiger partial charge in [-0.25, -0.2) is 4.98 Å². The van der Waals surface area contributed by atoms with Gasteiger partial charge in [0.15, 0.2) is 11.5 Å². The highest BCUT2D eigenvalue weighted by atomic mass is 16.5. The van der Waals surface area contributed by atoms with E-state index < -0.39 is 11.5 Å². The standard InChI is InChI=1S/C16H20N4O5/c1-24-12-4-3-10(7-13(12)25-2)9-20(5-6-21)15(23)11-8-14(22)19-16(17)18-11/h3-4,7-8,21H,5-6,9H2,1-2H3,(H3,17,18,19,22). The maximum Gasteiger partial charge on any atom is 0.273 e. The van der Waals surface area contributed by atoms with E-state index in [9.17, 15) is 14.7 Å². The highest BCUT2D eigenvalue weighted by Gasteiger charge is 2.19. The molecule has 25 heavy (non-hydrogen) atoms. The zero-order chi connectivity index (χ0) is 18.4. The first-order chi connectivity index (χ1) is 12.0. The minimum absolute atomic E-state index is 0.0710. The van der Waals surface area contributed by atoms with Crippen LogP contribution in [0.1, 0.15) is 16.1 Å². The molecule has 0 atom stereocenters. The first kappa shape index (κ1) is 18.3. The van der Waals surface area contributed by atoms with Gasteiger partial charge in [0.2, 0.25) is 5.95 Å². The third kappa shape index (κ3) is 4.48. The monoisotopic (exact) mass is 348 g/mol. The number of rotatable bonds is 7. The summed E-state index contributed by atoms with van der Waals surface area (Å²) >= 11 is 0. The van der Waals surface area contributed by atoms with Crippen LogP contribution in [-0.2, 0) is 6.54 Å². The largest absolute Gasteiger partial charge is 0.493 e. The normalized spacial score (nSPS) is 10.4. The second-order valence-electron chi connectivity index (χ2n) is 5.16. The third-order valence-electron chi connectivity index (χ3n) is 3.46. The summed E-state index contributed by atoms with van der Waals surface area (Å²) in [5, 5.41) is 9.25. The Hall–Kier alpha value is -3.07. The number of nitrogen functional groups attached to an aromatic ring is 1. The van der Waals surface area contributed by atoms with Crippen LogP contribution in [0.3, 0.4) is 0 Å². The SMILES string of the molecule is COc1ccc(CN(CCO)C(=O)c2cc(=O)[nH]c(N)n2)cc1OC. The third-order valence-corrected chi connectivity index (χ3v) is 3.46. The van der Waals surface area contributed by atoms with Gasteiger partial charge in [0, 0.05) is 19.2 Å². The van der Waals surface area contributed by atoms with Gasteiger partial charge in [0.25, 0.3) is 11.5 Å². The molecule has 0 unspecified atom stereocenters. The number of nitrogens with two attached hydrogens (primary N) is 1. The van der Waals surface area contributed by atoms with Crippen LogP contribution in [-0.4, -0.2) is 53.3 Å². The number of anilines is 1. The zero-order valence-corrected chi connectivity index (χ0v) is 14.0. The van der Waals surface area contributed by atoms with E-state index in [-0.39, 0.29) is 31.3 Å². The van der Waals surface area contributed by atoms with Gasteiger partial charge >= 0.3 is 0 Å². The van der Waals surface area contributed by atoms with E-state index >= 15 is 0 Å². The van der Waals surface area contributed by atoms with Crippen molar-refractivity contribution in [3.63, 3.8) is 0 Å². The van der Waals surface area contributed by atoms with Crippen molar-refractivity contribution in [3.8, 4) is 11.5 Å². The Balaban J connectivity index is 2.28. The van der Waals surface area contributed by atoms with Crippen LogP contribution < -0.4 is 20.8 Å². The van der Waals surface area contributed by atoms with Crippen LogP contribution >= 0.6 is 0 Å². The van der Waals surface area contributed by atoms with Crippen LogP contribution in [0.25, 0.3) is 0 Å². The summed E-state index contributed by atoms with van der Waals surface area (Å²) in [4.78, 5) is 31.6. The number of ether oxygens (including phenoxy) is 2. The van der Waals surface area contributed by atoms with Crippen LogP contribution in [0, 0.1) is 0 Å². The lowest BCUT2D eigenvalue weighted by Gasteiger charge is -2.22. The molecule has 9 heteroatoms. The van der Waals surface area contributed by atoms with E-state index in [1.807, 2.05) is 0 Å². The van der Waals surface area contributed by atoms with Crippen molar-refractivity contribution in [2.24, 2.45) is 0 Å². The molecule has 1 heterocycles. The van der Waals surface area contributed by atoms with Crippen molar-refractivity contribution >= 4 is 11.9 Å². The number of H-pyrrole nitrogens is 1. The number of hydrogen-bond acceptors (Lipinski definition) is 7. The smallest absolute Gasteiger partial charge is 0.273 e. The fraction of sp³-hybridized carbons (Fsp3) is 0.312. The van der Waals surface area contributed by atoms with Crippen molar-refractivity contribution in [2.45, 2.75) is 6.54 Å². The van der Waals surface area contributed by atoms with Crippen LogP contribution in [0.2, 0.25) is 0 Å². The Morgan fingerprint density at radius 3 is 2.60 bits per heavy atom. The first-order valence-corrected chi connectivity index (χ1v) is 7.46. The molecule has 0 fully saturated rings. The molecule has 9 nitrogen and oxygen atoms in total. The van der Waals surface area contributed by atoms with Crippen molar-refractivity contribution in [2.75, 3.05) is 33.1 Å². The van der Waals surface area contributed by atoms with Crippen molar-refractivity contribution < 1.29 is 19.4 Å². The van der Waals surface area contributed by atoms with Crippen LogP contribution in [0.4, 0.5) is 5.95 Å². The zero-order valence-electron chi connectivity index (χ0n) is 14.0. The molecule has 0 aliphatic heterocycles. The Kier molecular flexibility index (Phi) is 5.96. The van der Waals surface area contributed by atoms with Gasteiger partial charge in [-0.05, 0) is 17.7 Å². The molecule has 1 aromatic heterocycles. The topological polar surface area (TPSA) is 131 Å². The van der Waals surface area contributed by atoms with Gasteiger partial charge in [-0.3, -0.25) is 14.6 Å². The maximum absolute atomic E-state index is 12.6. The predicted octanol–water partition coefficient (Wildman–Crippen LogP) is 0.00400. The molecule has 0 saturated carbocycles. The number of carbonyl (C=O) groups is 1. The molecule has 134 valence electrons. The van der Waals surface area contributed by atoms with E-state index in [4.69, 9.17) is 15.2 Å². The van der Waals surface area contributed by atoms with Gasteiger partial charge in [0.05, 0.1) is 20.8 Å². The number of aliphatic hydroxyl groups excluding tert-OH is 1. The lowest BCUT2D eigenvalue weighted by Crippen LogP contribution is -2.34. The molecular formula is C16H20N4O5. The second kappa shape index (κ2) is 8.15. The number of aliphatic hydroxyl groups is 1. The fourth-order valence-corrected chi connectivity index (χ4v) is 2.32. The van der Waals surface area contributed by atoms with Crippen molar-refractivity contribution in [1.82, 2.24) is 14.9 Å². The molecule has 4 N–H and O–H groups in total. The number of nitrogens with one attached hydrogen (secondary N) is 1. The molecule has 1 amide bonds. The number of methoxy groups -OCH3 is 2. The Morgan fingerprint density at radius 2 is 2.00 bits per heavy atom. The molecule has 2 aromatic rings. The minimum atomic E-state index is -0.522. The summed E-state index contributed by atoms with van der Waals surface area (Å²) in [6.07, 6.45) is 0. The summed E-state index contributed by atoms with van der Waals surface area (Å²) in [5.41, 5.74) is 5.63. The van der Waals surface area contributed by atoms with E-state index in [0.717, 1.165) is 11.6 Å². The van der Waals surface area contributed by atoms with Crippen molar-refractivity contribution in [3.05, 3.63) is 45.9 Å². The summed E-state index contributed by atoms with van der Waals surface area (Å²) in [7, 11) is 3.04. The summed E-state index contributed by atoms with van der Waals surface area (Å²) in [5.74, 6) is 0.429. The summed E-state index contributed by atoms with van der Waals surface area (Å²) in [6, 6.07) is 6.30. The molecule has 2 rings (SSSR count). The van der Waals surface area contributed by atoms with E-state index in [1.165, 1.54) is 19.1 Å². The molecular weight excluding hydrogens is 328 g/mol. The summed E-state index contributed by atoms with van der Waals surface area (Å²) < 4.78 is 10.4. The number of aromatic nitrogens is 2. The molecule has 0 bridgehead atoms. The molecule has 0 aliphatic rings. The van der Waals surface area contributed by atoms with E-state index in [1.54, 1.807) is 18.2 Å². The molecule has 0 aliphatic carbocycles. The summed E-state index contributed by atoms with van der Waals surface area (Å²) in [6.45, 7) is 0.0212. The Bertz CT molecular complexity index is 805. The molecule has 1 aromatic carbocycles. The van der Waals surface area contributed by atoms with Crippen LogP contribution in [0.15, 0.2) is 29.1 Å². The second-order valence-corrected chi connectivity index (χ2v) is 5.16. The average Bonchev–Trinajstić information content (AvgIpc) is 2.59. The number of benzene rings is 1. The van der Waals surface area contributed by atoms with Gasteiger partial charge in [0.1, 0.15) is 5.69 Å². The quantitative estimate of drug-likeness (QED) is 0.642. The van der Waals surface area contributed by atoms with Crippen LogP contribution in [0.5, 0.6) is 11.5 Å². The highest BCUT2D eigenvalue weighted by Crippen LogP contribution is 2.28. The Labute approximate surface area is 144 Å². The molecule has 0 radical (unpaired) electrons. The van der Waals surface area contributed by atoms with Gasteiger partial charge < -0.3 is 25.2 Å². The van der Waals surface area contributed by atoms with Gasteiger partial charge in [-0.1, -0.05) is 6.07 Å². The Morgan fingerprint density at radius 1 is 1.28 bits per heavy atom. The fourth-order valence-electron chi connectivity index (χ4n) is 2.32. The molecule has 0 saturated heterocycles. The number of nitrogens with zero attached hydrogens (tertiary/aromatic N) is 2. The average molecular weight is 348 g/mol. The predicted molar refractivity (Wildman–Crippen MR) is 90.6 cm³/mol. The number of amides is 1. The number of hydrogen-bond donors (Lipinski definition) is 3. The molecule has 0 spiro atoms. The minimum Gasteiger partial charge on any atom is -0.493 e. The first-order valence-electron chi connectivity index (χ1n) is 7.46. The van der Waals surface area contributed by atoms with Gasteiger partial charge in [-0.2, -0.15) is 0 Å². The van der Waals surface area contributed by atoms with E-state index in [0.29, 0.717) is 11.5 Å². The van der Waals surface area contributed by atoms with E-state index in [2.05, 4.69) is 9.97 Å². The van der Waals surface area contributed by atoms with Crippen molar-refractivity contribution in [1.29, 1.82) is 0 Å². The lowest BCUT2D eigenvalue weighted by atomic mass is 10.1. The number of aromatic amines is 1. The number of carbonyl (C=O) groups excluding carboxylic acids is 1.